The molecule has 1 aliphatic heterocycles. The minimum absolute atomic E-state index is 0.314. The molecule has 1 aromatic carbocycles. The second kappa shape index (κ2) is 5.49. The van der Waals surface area contributed by atoms with Crippen molar-refractivity contribution in [2.45, 2.75) is 32.4 Å². The van der Waals surface area contributed by atoms with Gasteiger partial charge in [0, 0.05) is 37.8 Å². The minimum atomic E-state index is -0.344. The van der Waals surface area contributed by atoms with Gasteiger partial charge < -0.3 is 13.8 Å². The molecule has 2 aromatic heterocycles. The summed E-state index contributed by atoms with van der Waals surface area (Å²) in [5, 5.41) is 4.00. The molecule has 1 atom stereocenters. The van der Waals surface area contributed by atoms with E-state index in [0.29, 0.717) is 30.3 Å². The molecule has 0 bridgehead atoms. The van der Waals surface area contributed by atoms with Crippen LogP contribution in [0, 0.1) is 12.7 Å². The number of hydrogen-bond donors (Lipinski definition) is 0. The zero-order valence-corrected chi connectivity index (χ0v) is 12.6. The van der Waals surface area contributed by atoms with Crippen LogP contribution in [-0.2, 0) is 19.4 Å². The summed E-state index contributed by atoms with van der Waals surface area (Å²) in [6.07, 6.45) is 4.59. The maximum Gasteiger partial charge on any atom is 0.268 e. The molecule has 3 aromatic rings. The Morgan fingerprint density at radius 2 is 2.30 bits per heavy atom. The van der Waals surface area contributed by atoms with E-state index in [1.165, 1.54) is 12.1 Å². The fourth-order valence-corrected chi connectivity index (χ4v) is 2.70. The summed E-state index contributed by atoms with van der Waals surface area (Å²) in [7, 11) is 0. The van der Waals surface area contributed by atoms with Gasteiger partial charge in [-0.3, -0.25) is 0 Å². The van der Waals surface area contributed by atoms with Crippen molar-refractivity contribution in [3.63, 3.8) is 0 Å². The highest BCUT2D eigenvalue weighted by Gasteiger charge is 2.29. The standard InChI is InChI=1S/C16H15FN4O2/c1-10-18-5-7-21(10)6-4-15-19-16(23-20-15)14-8-11-2-3-12(17)9-13(11)22-14/h2-3,5,7,9,14H,4,6,8H2,1H3. The van der Waals surface area contributed by atoms with Crippen molar-refractivity contribution in [1.82, 2.24) is 19.7 Å². The number of fused-ring (bicyclic) bond motifs is 1. The summed E-state index contributed by atoms with van der Waals surface area (Å²) < 4.78 is 26.3. The lowest BCUT2D eigenvalue weighted by Crippen LogP contribution is -2.05. The molecule has 0 aliphatic carbocycles. The number of hydrogen-bond acceptors (Lipinski definition) is 5. The molecule has 0 saturated heterocycles. The number of aromatic nitrogens is 4. The normalized spacial score (nSPS) is 16.3. The first-order valence-electron chi connectivity index (χ1n) is 7.44. The molecule has 0 N–H and O–H groups in total. The zero-order chi connectivity index (χ0) is 15.8. The van der Waals surface area contributed by atoms with Crippen LogP contribution in [0.2, 0.25) is 0 Å². The van der Waals surface area contributed by atoms with E-state index in [2.05, 4.69) is 15.1 Å². The third-order valence-electron chi connectivity index (χ3n) is 3.96. The molecule has 6 nitrogen and oxygen atoms in total. The lowest BCUT2D eigenvalue weighted by molar-refractivity contribution is 0.183. The quantitative estimate of drug-likeness (QED) is 0.740. The van der Waals surface area contributed by atoms with E-state index in [1.807, 2.05) is 17.7 Å². The number of benzene rings is 1. The smallest absolute Gasteiger partial charge is 0.268 e. The van der Waals surface area contributed by atoms with Gasteiger partial charge in [0.2, 0.25) is 0 Å². The summed E-state index contributed by atoms with van der Waals surface area (Å²) >= 11 is 0. The maximum absolute atomic E-state index is 13.2. The van der Waals surface area contributed by atoms with Gasteiger partial charge in [-0.1, -0.05) is 11.2 Å². The van der Waals surface area contributed by atoms with Gasteiger partial charge in [-0.25, -0.2) is 9.37 Å². The van der Waals surface area contributed by atoms with Gasteiger partial charge >= 0.3 is 0 Å². The van der Waals surface area contributed by atoms with Gasteiger partial charge in [-0.05, 0) is 18.6 Å². The van der Waals surface area contributed by atoms with Crippen LogP contribution < -0.4 is 4.74 Å². The molecule has 0 radical (unpaired) electrons. The van der Waals surface area contributed by atoms with Gasteiger partial charge in [0.15, 0.2) is 11.9 Å². The largest absolute Gasteiger partial charge is 0.480 e. The summed E-state index contributed by atoms with van der Waals surface area (Å²) in [5.41, 5.74) is 0.949. The molecule has 1 aliphatic rings. The molecule has 23 heavy (non-hydrogen) atoms. The van der Waals surface area contributed by atoms with Crippen LogP contribution >= 0.6 is 0 Å². The van der Waals surface area contributed by atoms with Gasteiger partial charge in [0.05, 0.1) is 0 Å². The highest BCUT2D eigenvalue weighted by atomic mass is 19.1. The van der Waals surface area contributed by atoms with E-state index in [4.69, 9.17) is 9.26 Å². The monoisotopic (exact) mass is 314 g/mol. The number of aryl methyl sites for hydroxylation is 3. The van der Waals surface area contributed by atoms with E-state index < -0.39 is 0 Å². The van der Waals surface area contributed by atoms with Crippen molar-refractivity contribution in [3.05, 3.63) is 59.5 Å². The van der Waals surface area contributed by atoms with Crippen molar-refractivity contribution >= 4 is 0 Å². The number of rotatable bonds is 4. The predicted octanol–water partition coefficient (Wildman–Crippen LogP) is 2.63. The van der Waals surface area contributed by atoms with E-state index in [-0.39, 0.29) is 11.9 Å². The summed E-state index contributed by atoms with van der Waals surface area (Å²) in [4.78, 5) is 8.57. The van der Waals surface area contributed by atoms with Crippen LogP contribution in [0.3, 0.4) is 0 Å². The Balaban J connectivity index is 1.44. The number of imidazole rings is 1. The SMILES string of the molecule is Cc1nccn1CCc1noc(C2Cc3ccc(F)cc3O2)n1. The minimum Gasteiger partial charge on any atom is -0.480 e. The van der Waals surface area contributed by atoms with Crippen LogP contribution in [0.15, 0.2) is 35.1 Å². The Kier molecular flexibility index (Phi) is 3.33. The zero-order valence-electron chi connectivity index (χ0n) is 12.6. The fourth-order valence-electron chi connectivity index (χ4n) is 2.70. The maximum atomic E-state index is 13.2. The second-order valence-corrected chi connectivity index (χ2v) is 5.53. The summed E-state index contributed by atoms with van der Waals surface area (Å²) in [5.74, 6) is 2.23. The number of nitrogens with zero attached hydrogens (tertiary/aromatic N) is 4. The van der Waals surface area contributed by atoms with E-state index in [1.54, 1.807) is 12.3 Å². The van der Waals surface area contributed by atoms with Crippen molar-refractivity contribution in [3.8, 4) is 5.75 Å². The average molecular weight is 314 g/mol. The predicted molar refractivity (Wildman–Crippen MR) is 78.4 cm³/mol. The Bertz CT molecular complexity index is 842. The van der Waals surface area contributed by atoms with Crippen molar-refractivity contribution < 1.29 is 13.7 Å². The molecule has 118 valence electrons. The molecule has 4 rings (SSSR count). The molecular formula is C16H15FN4O2. The highest BCUT2D eigenvalue weighted by molar-refractivity contribution is 5.38. The van der Waals surface area contributed by atoms with E-state index in [9.17, 15) is 4.39 Å². The average Bonchev–Trinajstić information content (AvgIpc) is 3.23. The van der Waals surface area contributed by atoms with Crippen LogP contribution in [0.1, 0.15) is 29.2 Å². The molecule has 3 heterocycles. The second-order valence-electron chi connectivity index (χ2n) is 5.53. The number of ether oxygens (including phenoxy) is 1. The Morgan fingerprint density at radius 1 is 1.39 bits per heavy atom. The van der Waals surface area contributed by atoms with Crippen LogP contribution in [-0.4, -0.2) is 19.7 Å². The summed E-state index contributed by atoms with van der Waals surface area (Å²) in [6.45, 7) is 2.69. The first kappa shape index (κ1) is 13.9. The molecule has 0 amide bonds. The Hall–Kier alpha value is -2.70. The van der Waals surface area contributed by atoms with E-state index >= 15 is 0 Å². The summed E-state index contributed by atoms with van der Waals surface area (Å²) in [6, 6.07) is 4.54. The van der Waals surface area contributed by atoms with Gasteiger partial charge in [-0.15, -0.1) is 0 Å². The lowest BCUT2D eigenvalue weighted by Gasteiger charge is -2.04. The molecule has 0 fully saturated rings. The van der Waals surface area contributed by atoms with Crippen molar-refractivity contribution in [2.75, 3.05) is 0 Å². The van der Waals surface area contributed by atoms with Gasteiger partial charge in [-0.2, -0.15) is 4.98 Å². The molecular weight excluding hydrogens is 299 g/mol. The Labute approximate surface area is 131 Å². The third kappa shape index (κ3) is 2.69. The van der Waals surface area contributed by atoms with Gasteiger partial charge in [0.25, 0.3) is 5.89 Å². The highest BCUT2D eigenvalue weighted by Crippen LogP contribution is 2.36. The van der Waals surface area contributed by atoms with Gasteiger partial charge in [0.1, 0.15) is 17.4 Å². The van der Waals surface area contributed by atoms with E-state index in [0.717, 1.165) is 17.9 Å². The topological polar surface area (TPSA) is 66.0 Å². The third-order valence-corrected chi connectivity index (χ3v) is 3.96. The van der Waals surface area contributed by atoms with Crippen molar-refractivity contribution in [1.29, 1.82) is 0 Å². The first-order valence-corrected chi connectivity index (χ1v) is 7.44. The lowest BCUT2D eigenvalue weighted by atomic mass is 10.1. The number of halogens is 1. The molecule has 7 heteroatoms. The van der Waals surface area contributed by atoms with Crippen molar-refractivity contribution in [2.24, 2.45) is 0 Å². The molecule has 0 spiro atoms. The van der Waals surface area contributed by atoms with Crippen LogP contribution in [0.5, 0.6) is 5.75 Å². The fraction of sp³-hybridized carbons (Fsp3) is 0.312. The van der Waals surface area contributed by atoms with Crippen LogP contribution in [0.25, 0.3) is 0 Å². The molecule has 0 saturated carbocycles. The Morgan fingerprint density at radius 3 is 3.13 bits per heavy atom. The van der Waals surface area contributed by atoms with Crippen LogP contribution in [0.4, 0.5) is 4.39 Å². The first-order chi connectivity index (χ1) is 11.2. The molecule has 1 unspecified atom stereocenters.